The van der Waals surface area contributed by atoms with Crippen LogP contribution in [0.4, 0.5) is 5.69 Å². The van der Waals surface area contributed by atoms with Gasteiger partial charge in [0.2, 0.25) is 0 Å². The van der Waals surface area contributed by atoms with Crippen LogP contribution in [0.1, 0.15) is 34.7 Å². The van der Waals surface area contributed by atoms with Crippen molar-refractivity contribution in [2.45, 2.75) is 25.9 Å². The maximum absolute atomic E-state index is 6.19. The Morgan fingerprint density at radius 1 is 0.829 bits per heavy atom. The first-order chi connectivity index (χ1) is 19.9. The van der Waals surface area contributed by atoms with Crippen LogP contribution in [0.15, 0.2) is 103 Å². The Labute approximate surface area is 250 Å². The number of aromatic nitrogens is 2. The molecule has 2 aromatic heterocycles. The van der Waals surface area contributed by atoms with Gasteiger partial charge in [0.25, 0.3) is 0 Å². The minimum absolute atomic E-state index is 0.127. The molecule has 6 rings (SSSR count). The van der Waals surface area contributed by atoms with Crippen LogP contribution in [0.3, 0.4) is 0 Å². The highest BCUT2D eigenvalue weighted by Gasteiger charge is 2.42. The third-order valence-electron chi connectivity index (χ3n) is 7.38. The van der Waals surface area contributed by atoms with E-state index in [1.54, 1.807) is 7.11 Å². The second-order valence-corrected chi connectivity index (χ2v) is 10.7. The smallest absolute Gasteiger partial charge is 0.174 e. The Morgan fingerprint density at radius 3 is 2.10 bits per heavy atom. The molecule has 0 saturated carbocycles. The first-order valence-electron chi connectivity index (χ1n) is 13.3. The summed E-state index contributed by atoms with van der Waals surface area (Å²) < 4.78 is 13.6. The molecule has 1 aliphatic rings. The maximum atomic E-state index is 6.19. The number of hydrogen-bond donors (Lipinski definition) is 1. The summed E-state index contributed by atoms with van der Waals surface area (Å²) in [5.74, 6) is 2.25. The fourth-order valence-electron chi connectivity index (χ4n) is 5.48. The van der Waals surface area contributed by atoms with E-state index in [9.17, 15) is 0 Å². The van der Waals surface area contributed by atoms with Gasteiger partial charge in [-0.15, -0.1) is 0 Å². The fourth-order valence-corrected chi connectivity index (χ4v) is 5.95. The van der Waals surface area contributed by atoms with Gasteiger partial charge in [0, 0.05) is 34.0 Å². The van der Waals surface area contributed by atoms with Crippen LogP contribution in [-0.4, -0.2) is 21.8 Å². The van der Waals surface area contributed by atoms with Crippen LogP contribution >= 0.6 is 23.8 Å². The number of nitrogens with one attached hydrogen (secondary N) is 1. The van der Waals surface area contributed by atoms with E-state index in [0.29, 0.717) is 10.1 Å². The quantitative estimate of drug-likeness (QED) is 0.196. The highest BCUT2D eigenvalue weighted by molar-refractivity contribution is 7.80. The van der Waals surface area contributed by atoms with Gasteiger partial charge in [-0.25, -0.2) is 0 Å². The number of hydrogen-bond acceptors (Lipinski definition) is 4. The van der Waals surface area contributed by atoms with Crippen LogP contribution < -0.4 is 19.7 Å². The van der Waals surface area contributed by atoms with Crippen molar-refractivity contribution in [3.05, 3.63) is 131 Å². The second kappa shape index (κ2) is 11.3. The summed E-state index contributed by atoms with van der Waals surface area (Å²) in [4.78, 5) is 6.88. The van der Waals surface area contributed by atoms with E-state index in [0.717, 1.165) is 45.7 Å². The highest BCUT2D eigenvalue weighted by Crippen LogP contribution is 2.44. The highest BCUT2D eigenvalue weighted by atomic mass is 35.5. The van der Waals surface area contributed by atoms with Gasteiger partial charge < -0.3 is 24.3 Å². The van der Waals surface area contributed by atoms with Crippen LogP contribution in [-0.2, 0) is 0 Å². The molecule has 0 unspecified atom stereocenters. The third kappa shape index (κ3) is 5.26. The van der Waals surface area contributed by atoms with E-state index < -0.39 is 0 Å². The molecule has 2 atom stereocenters. The first kappa shape index (κ1) is 26.9. The molecular formula is C33H29ClN4O2S. The lowest BCUT2D eigenvalue weighted by atomic mass is 9.96. The van der Waals surface area contributed by atoms with Crippen molar-refractivity contribution >= 4 is 34.6 Å². The van der Waals surface area contributed by atoms with E-state index in [-0.39, 0.29) is 12.1 Å². The summed E-state index contributed by atoms with van der Waals surface area (Å²) in [5, 5.41) is 4.92. The first-order valence-corrected chi connectivity index (χ1v) is 14.1. The molecule has 0 amide bonds. The molecule has 1 fully saturated rings. The molecule has 1 aliphatic heterocycles. The van der Waals surface area contributed by atoms with Gasteiger partial charge in [-0.1, -0.05) is 17.7 Å². The largest absolute Gasteiger partial charge is 0.497 e. The minimum Gasteiger partial charge on any atom is -0.497 e. The molecular weight excluding hydrogens is 552 g/mol. The van der Waals surface area contributed by atoms with Gasteiger partial charge in [0.1, 0.15) is 17.2 Å². The van der Waals surface area contributed by atoms with E-state index in [2.05, 4.69) is 34.7 Å². The summed E-state index contributed by atoms with van der Waals surface area (Å²) in [6, 6.07) is 31.4. The summed E-state index contributed by atoms with van der Waals surface area (Å²) >= 11 is 12.1. The van der Waals surface area contributed by atoms with Gasteiger partial charge in [-0.3, -0.25) is 4.98 Å². The van der Waals surface area contributed by atoms with Crippen LogP contribution in [0, 0.1) is 13.8 Å². The van der Waals surface area contributed by atoms with E-state index in [4.69, 9.17) is 38.3 Å². The Bertz CT molecular complexity index is 1670. The number of methoxy groups -OCH3 is 1. The van der Waals surface area contributed by atoms with Gasteiger partial charge in [-0.2, -0.15) is 0 Å². The van der Waals surface area contributed by atoms with Gasteiger partial charge in [-0.05, 0) is 123 Å². The van der Waals surface area contributed by atoms with Crippen molar-refractivity contribution in [2.75, 3.05) is 12.0 Å². The molecule has 3 aromatic carbocycles. The average Bonchev–Trinajstić information content (AvgIpc) is 3.49. The third-order valence-corrected chi connectivity index (χ3v) is 7.95. The van der Waals surface area contributed by atoms with E-state index in [1.807, 2.05) is 97.2 Å². The lowest BCUT2D eigenvalue weighted by molar-refractivity contribution is 0.413. The van der Waals surface area contributed by atoms with Crippen LogP contribution in [0.2, 0.25) is 5.02 Å². The van der Waals surface area contributed by atoms with Gasteiger partial charge in [0.05, 0.1) is 24.9 Å². The van der Waals surface area contributed by atoms with Crippen LogP contribution in [0.5, 0.6) is 17.2 Å². The second-order valence-electron chi connectivity index (χ2n) is 9.91. The molecule has 41 heavy (non-hydrogen) atoms. The number of anilines is 1. The predicted octanol–water partition coefficient (Wildman–Crippen LogP) is 8.12. The number of ether oxygens (including phenoxy) is 2. The number of halogens is 1. The van der Waals surface area contributed by atoms with E-state index >= 15 is 0 Å². The average molecular weight is 581 g/mol. The van der Waals surface area contributed by atoms with Crippen molar-refractivity contribution in [2.24, 2.45) is 0 Å². The number of thiocarbonyl (C=S) groups is 1. The molecule has 6 nitrogen and oxygen atoms in total. The summed E-state index contributed by atoms with van der Waals surface area (Å²) in [7, 11) is 1.65. The fraction of sp³-hybridized carbons (Fsp3) is 0.152. The van der Waals surface area contributed by atoms with Crippen molar-refractivity contribution in [1.82, 2.24) is 14.9 Å². The van der Waals surface area contributed by atoms with Crippen LogP contribution in [0.25, 0.3) is 5.69 Å². The number of pyridine rings is 1. The molecule has 5 aromatic rings. The normalized spacial score (nSPS) is 16.5. The van der Waals surface area contributed by atoms with Crippen molar-refractivity contribution in [3.63, 3.8) is 0 Å². The van der Waals surface area contributed by atoms with Crippen molar-refractivity contribution < 1.29 is 9.47 Å². The Morgan fingerprint density at radius 2 is 1.46 bits per heavy atom. The van der Waals surface area contributed by atoms with Gasteiger partial charge >= 0.3 is 0 Å². The molecule has 3 heterocycles. The zero-order valence-corrected chi connectivity index (χ0v) is 24.5. The number of aryl methyl sites for hydroxylation is 1. The molecule has 0 aliphatic carbocycles. The lowest BCUT2D eigenvalue weighted by Gasteiger charge is -2.28. The topological polar surface area (TPSA) is 51.6 Å². The standard InChI is InChI=1S/C33H29ClN4O2S/c1-21-20-29(22(2)37(21)24-9-7-23(34)8-10-24)32-31(30-6-4-5-19-35-30)36-33(41)38(32)25-11-13-27(14-12-25)40-28-17-15-26(39-3)16-18-28/h4-20,31-32H,1-3H3,(H,36,41)/t31-,32-/m1/s1. The Hall–Kier alpha value is -4.33. The molecule has 0 radical (unpaired) electrons. The molecule has 8 heteroatoms. The number of benzene rings is 3. The zero-order chi connectivity index (χ0) is 28.5. The van der Waals surface area contributed by atoms with Crippen molar-refractivity contribution in [1.29, 1.82) is 0 Å². The number of nitrogens with zero attached hydrogens (tertiary/aromatic N) is 3. The minimum atomic E-state index is -0.141. The molecule has 1 N–H and O–H groups in total. The zero-order valence-electron chi connectivity index (χ0n) is 22.9. The molecule has 206 valence electrons. The predicted molar refractivity (Wildman–Crippen MR) is 168 cm³/mol. The van der Waals surface area contributed by atoms with E-state index in [1.165, 1.54) is 5.56 Å². The summed E-state index contributed by atoms with van der Waals surface area (Å²) in [6.45, 7) is 4.27. The molecule has 0 spiro atoms. The maximum Gasteiger partial charge on any atom is 0.174 e. The SMILES string of the molecule is COc1ccc(Oc2ccc(N3C(=S)N[C@H](c4ccccn4)[C@H]3c3cc(C)n(-c4ccc(Cl)cc4)c3C)cc2)cc1. The Kier molecular flexibility index (Phi) is 7.39. The lowest BCUT2D eigenvalue weighted by Crippen LogP contribution is -2.29. The van der Waals surface area contributed by atoms with Crippen molar-refractivity contribution in [3.8, 4) is 22.9 Å². The molecule has 1 saturated heterocycles. The van der Waals surface area contributed by atoms with Gasteiger partial charge in [0.15, 0.2) is 5.11 Å². The Balaban J connectivity index is 1.38. The summed E-state index contributed by atoms with van der Waals surface area (Å²) in [6.07, 6.45) is 1.82. The number of rotatable bonds is 7. The monoisotopic (exact) mass is 580 g/mol. The molecule has 0 bridgehead atoms. The summed E-state index contributed by atoms with van der Waals surface area (Å²) in [5.41, 5.74) is 6.37.